The van der Waals surface area contributed by atoms with E-state index in [-0.39, 0.29) is 17.4 Å². The number of allylic oxidation sites excluding steroid dienone is 2. The molecular formula is C37H39N3O2S2. The van der Waals surface area contributed by atoms with Gasteiger partial charge in [0.1, 0.15) is 5.57 Å². The summed E-state index contributed by atoms with van der Waals surface area (Å²) in [6, 6.07) is 30.9. The number of hydrogen-bond acceptors (Lipinski definition) is 5. The molecule has 2 amide bonds. The number of hydrogen-bond donors (Lipinski definition) is 0. The van der Waals surface area contributed by atoms with Crippen molar-refractivity contribution in [3.05, 3.63) is 124 Å². The zero-order valence-electron chi connectivity index (χ0n) is 25.7. The second-order valence-electron chi connectivity index (χ2n) is 10.8. The molecule has 0 saturated carbocycles. The van der Waals surface area contributed by atoms with Gasteiger partial charge in [0.05, 0.1) is 10.7 Å². The fourth-order valence-electron chi connectivity index (χ4n) is 5.48. The predicted molar refractivity (Wildman–Crippen MR) is 187 cm³/mol. The Kier molecular flexibility index (Phi) is 10.5. The topological polar surface area (TPSA) is 43.9 Å². The van der Waals surface area contributed by atoms with Crippen LogP contribution in [0.2, 0.25) is 0 Å². The van der Waals surface area contributed by atoms with Gasteiger partial charge in [-0.2, -0.15) is 0 Å². The molecule has 1 fully saturated rings. The number of carbonyl (C=O) groups excluding carboxylic acids is 2. The van der Waals surface area contributed by atoms with E-state index in [0.717, 1.165) is 63.6 Å². The van der Waals surface area contributed by atoms with Gasteiger partial charge in [0.2, 0.25) is 0 Å². The lowest BCUT2D eigenvalue weighted by Gasteiger charge is -2.37. The minimum absolute atomic E-state index is 0.156. The van der Waals surface area contributed by atoms with E-state index in [0.29, 0.717) is 24.7 Å². The fourth-order valence-corrected chi connectivity index (χ4v) is 7.21. The highest BCUT2D eigenvalue weighted by Crippen LogP contribution is 2.53. The fraction of sp³-hybridized carbons (Fsp3) is 0.270. The molecular weight excluding hydrogens is 583 g/mol. The average molecular weight is 622 g/mol. The summed E-state index contributed by atoms with van der Waals surface area (Å²) in [5.41, 5.74) is 5.29. The lowest BCUT2D eigenvalue weighted by atomic mass is 10.00. The third-order valence-electron chi connectivity index (χ3n) is 7.82. The van der Waals surface area contributed by atoms with Crippen LogP contribution < -0.4 is 0 Å². The summed E-state index contributed by atoms with van der Waals surface area (Å²) in [5.74, 6) is -0.637. The van der Waals surface area contributed by atoms with E-state index in [1.165, 1.54) is 0 Å². The van der Waals surface area contributed by atoms with Crippen LogP contribution in [0.4, 0.5) is 0 Å². The lowest BCUT2D eigenvalue weighted by molar-refractivity contribution is -0.133. The zero-order chi connectivity index (χ0) is 31.1. The van der Waals surface area contributed by atoms with E-state index >= 15 is 0 Å². The maximum atomic E-state index is 14.0. The van der Waals surface area contributed by atoms with Gasteiger partial charge in [0.15, 0.2) is 5.11 Å². The summed E-state index contributed by atoms with van der Waals surface area (Å²) in [6.45, 7) is 8.01. The molecule has 0 aromatic heterocycles. The third-order valence-corrected chi connectivity index (χ3v) is 9.52. The normalized spacial score (nSPS) is 16.8. The highest BCUT2D eigenvalue weighted by Gasteiger charge is 2.40. The van der Waals surface area contributed by atoms with Crippen molar-refractivity contribution in [2.45, 2.75) is 46.5 Å². The Morgan fingerprint density at radius 2 is 1.20 bits per heavy atom. The SMILES string of the molecule is CCCCN1C(=O)C(=CC(=C2SC(c3ccccc3)=C(c3ccccc3)N2CC)c2ccccc2)C(=O)N(CCCC)C1=S. The van der Waals surface area contributed by atoms with Crippen molar-refractivity contribution in [2.75, 3.05) is 19.6 Å². The number of amides is 2. The molecule has 44 heavy (non-hydrogen) atoms. The Labute approximate surface area is 270 Å². The van der Waals surface area contributed by atoms with Crippen LogP contribution in [0.3, 0.4) is 0 Å². The summed E-state index contributed by atoms with van der Waals surface area (Å²) in [7, 11) is 0. The largest absolute Gasteiger partial charge is 0.334 e. The van der Waals surface area contributed by atoms with Gasteiger partial charge in [-0.25, -0.2) is 0 Å². The molecule has 2 heterocycles. The van der Waals surface area contributed by atoms with Crippen molar-refractivity contribution in [2.24, 2.45) is 0 Å². The molecule has 0 bridgehead atoms. The van der Waals surface area contributed by atoms with Crippen LogP contribution in [0.5, 0.6) is 0 Å². The second-order valence-corrected chi connectivity index (χ2v) is 12.2. The molecule has 0 spiro atoms. The van der Waals surface area contributed by atoms with Gasteiger partial charge in [-0.3, -0.25) is 19.4 Å². The molecule has 0 unspecified atom stereocenters. The molecule has 226 valence electrons. The number of rotatable bonds is 11. The molecule has 3 aromatic rings. The van der Waals surface area contributed by atoms with Crippen LogP contribution in [-0.2, 0) is 9.59 Å². The molecule has 0 aliphatic carbocycles. The molecule has 0 N–H and O–H groups in total. The minimum atomic E-state index is -0.319. The van der Waals surface area contributed by atoms with Crippen LogP contribution in [0.15, 0.2) is 108 Å². The standard InChI is InChI=1S/C37H39N3O2S2/c1-4-7-24-39-34(41)31(35(42)40(37(39)43)25-8-5-2)26-30(27-18-12-9-13-19-27)36-38(6-3)32(28-20-14-10-15-21-28)33(44-36)29-22-16-11-17-23-29/h9-23,26H,4-8,24-25H2,1-3H3. The van der Waals surface area contributed by atoms with Gasteiger partial charge in [-0.15, -0.1) is 0 Å². The molecule has 3 aromatic carbocycles. The Bertz CT molecular complexity index is 1570. The van der Waals surface area contributed by atoms with Gasteiger partial charge in [-0.05, 0) is 54.7 Å². The lowest BCUT2D eigenvalue weighted by Crippen LogP contribution is -2.56. The second kappa shape index (κ2) is 14.7. The number of nitrogens with zero attached hydrogens (tertiary/aromatic N) is 3. The third kappa shape index (κ3) is 6.44. The first-order valence-corrected chi connectivity index (χ1v) is 16.7. The van der Waals surface area contributed by atoms with Gasteiger partial charge < -0.3 is 4.90 Å². The first-order valence-electron chi connectivity index (χ1n) is 15.5. The number of unbranched alkanes of at least 4 members (excludes halogenated alkanes) is 2. The van der Waals surface area contributed by atoms with Crippen LogP contribution >= 0.6 is 24.0 Å². The van der Waals surface area contributed by atoms with Crippen molar-refractivity contribution in [3.63, 3.8) is 0 Å². The molecule has 7 heteroatoms. The van der Waals surface area contributed by atoms with Crippen molar-refractivity contribution >= 4 is 57.1 Å². The first kappa shape index (κ1) is 31.5. The summed E-state index contributed by atoms with van der Waals surface area (Å²) in [4.78, 5) is 34.8. The first-order chi connectivity index (χ1) is 21.5. The van der Waals surface area contributed by atoms with E-state index in [1.54, 1.807) is 21.6 Å². The monoisotopic (exact) mass is 621 g/mol. The minimum Gasteiger partial charge on any atom is -0.334 e. The molecule has 2 aliphatic rings. The number of thioether (sulfide) groups is 1. The van der Waals surface area contributed by atoms with Crippen molar-refractivity contribution in [1.82, 2.24) is 14.7 Å². The maximum absolute atomic E-state index is 14.0. The zero-order valence-corrected chi connectivity index (χ0v) is 27.3. The Morgan fingerprint density at radius 3 is 1.70 bits per heavy atom. The van der Waals surface area contributed by atoms with E-state index in [2.05, 4.69) is 74.2 Å². The van der Waals surface area contributed by atoms with Crippen LogP contribution in [0, 0.1) is 0 Å². The van der Waals surface area contributed by atoms with Gasteiger partial charge in [0, 0.05) is 30.1 Å². The summed E-state index contributed by atoms with van der Waals surface area (Å²) < 4.78 is 0. The Hall–Kier alpha value is -3.94. The molecule has 1 saturated heterocycles. The number of thiocarbonyl (C=S) groups is 1. The average Bonchev–Trinajstić information content (AvgIpc) is 3.45. The smallest absolute Gasteiger partial charge is 0.265 e. The molecule has 0 radical (unpaired) electrons. The molecule has 0 atom stereocenters. The van der Waals surface area contributed by atoms with Crippen molar-refractivity contribution in [3.8, 4) is 0 Å². The van der Waals surface area contributed by atoms with Crippen LogP contribution in [0.25, 0.3) is 16.2 Å². The number of carbonyl (C=O) groups is 2. The van der Waals surface area contributed by atoms with Gasteiger partial charge >= 0.3 is 0 Å². The van der Waals surface area contributed by atoms with Crippen LogP contribution in [-0.4, -0.2) is 51.3 Å². The Morgan fingerprint density at radius 1 is 0.705 bits per heavy atom. The highest BCUT2D eigenvalue weighted by atomic mass is 32.2. The van der Waals surface area contributed by atoms with E-state index in [1.807, 2.05) is 48.5 Å². The molecule has 5 rings (SSSR count). The maximum Gasteiger partial charge on any atom is 0.265 e. The quantitative estimate of drug-likeness (QED) is 0.122. The molecule has 2 aliphatic heterocycles. The van der Waals surface area contributed by atoms with Gasteiger partial charge in [-0.1, -0.05) is 129 Å². The van der Waals surface area contributed by atoms with E-state index in [4.69, 9.17) is 12.2 Å². The van der Waals surface area contributed by atoms with Gasteiger partial charge in [0.25, 0.3) is 11.8 Å². The van der Waals surface area contributed by atoms with E-state index in [9.17, 15) is 9.59 Å². The highest BCUT2D eigenvalue weighted by molar-refractivity contribution is 8.12. The summed E-state index contributed by atoms with van der Waals surface area (Å²) >= 11 is 7.41. The molecule has 5 nitrogen and oxygen atoms in total. The predicted octanol–water partition coefficient (Wildman–Crippen LogP) is 8.43. The Balaban J connectivity index is 1.72. The summed E-state index contributed by atoms with van der Waals surface area (Å²) in [6.07, 6.45) is 5.29. The summed E-state index contributed by atoms with van der Waals surface area (Å²) in [5, 5.41) is 1.30. The number of benzene rings is 3. The van der Waals surface area contributed by atoms with E-state index < -0.39 is 0 Å². The van der Waals surface area contributed by atoms with Crippen molar-refractivity contribution < 1.29 is 9.59 Å². The van der Waals surface area contributed by atoms with Crippen LogP contribution in [0.1, 0.15) is 63.1 Å². The van der Waals surface area contributed by atoms with Crippen molar-refractivity contribution in [1.29, 1.82) is 0 Å².